The Balaban J connectivity index is 2.41. The zero-order valence-corrected chi connectivity index (χ0v) is 8.41. The van der Waals surface area contributed by atoms with Gasteiger partial charge < -0.3 is 19.3 Å². The van der Waals surface area contributed by atoms with Crippen LogP contribution in [-0.2, 0) is 11.1 Å². The first-order valence-corrected chi connectivity index (χ1v) is 5.12. The van der Waals surface area contributed by atoms with Crippen LogP contribution in [0.25, 0.3) is 11.0 Å². The predicted octanol–water partition coefficient (Wildman–Crippen LogP) is 1.03. The molecule has 1 atom stereocenters. The second-order valence-electron chi connectivity index (χ2n) is 2.77. The Morgan fingerprint density at radius 2 is 2.25 bits per heavy atom. The molecule has 8 heteroatoms. The number of nitrogens with zero attached hydrogens (tertiary/aromatic N) is 2. The van der Waals surface area contributed by atoms with Crippen molar-refractivity contribution in [2.24, 2.45) is 0 Å². The summed E-state index contributed by atoms with van der Waals surface area (Å²) in [6.45, 7) is -2.94. The SMILES string of the molecule is O=S([O-])c1nc2cc(OC(F)F)ccc2[n-]1. The number of hydrogen-bond donors (Lipinski definition) is 0. The maximum atomic E-state index is 11.9. The second kappa shape index (κ2) is 4.14. The van der Waals surface area contributed by atoms with E-state index in [0.29, 0.717) is 5.52 Å². The van der Waals surface area contributed by atoms with Crippen molar-refractivity contribution in [2.45, 2.75) is 11.8 Å². The van der Waals surface area contributed by atoms with Gasteiger partial charge in [-0.3, -0.25) is 4.21 Å². The predicted molar refractivity (Wildman–Crippen MR) is 48.9 cm³/mol. The number of hydrogen-bond acceptors (Lipinski definition) is 4. The van der Waals surface area contributed by atoms with Crippen LogP contribution in [-0.4, -0.2) is 20.4 Å². The number of benzene rings is 1. The molecular weight excluding hydrogens is 242 g/mol. The lowest BCUT2D eigenvalue weighted by molar-refractivity contribution is -0.0497. The van der Waals surface area contributed by atoms with Gasteiger partial charge in [0.25, 0.3) is 0 Å². The van der Waals surface area contributed by atoms with Gasteiger partial charge in [0, 0.05) is 0 Å². The highest BCUT2D eigenvalue weighted by molar-refractivity contribution is 7.79. The molecule has 0 spiro atoms. The minimum atomic E-state index is -2.94. The maximum absolute atomic E-state index is 11.9. The molecule has 5 nitrogen and oxygen atoms in total. The van der Waals surface area contributed by atoms with Crippen molar-refractivity contribution in [1.82, 2.24) is 9.97 Å². The van der Waals surface area contributed by atoms with E-state index in [1.807, 2.05) is 0 Å². The van der Waals surface area contributed by atoms with Crippen LogP contribution < -0.4 is 9.72 Å². The molecule has 1 aromatic heterocycles. The average molecular weight is 246 g/mol. The Morgan fingerprint density at radius 1 is 1.50 bits per heavy atom. The lowest BCUT2D eigenvalue weighted by Crippen LogP contribution is -2.01. The minimum absolute atomic E-state index is 0.0920. The normalized spacial score (nSPS) is 13.2. The zero-order chi connectivity index (χ0) is 11.7. The van der Waals surface area contributed by atoms with E-state index in [1.54, 1.807) is 0 Å². The van der Waals surface area contributed by atoms with E-state index < -0.39 is 17.7 Å². The largest absolute Gasteiger partial charge is 0.769 e. The van der Waals surface area contributed by atoms with Gasteiger partial charge in [0.15, 0.2) is 0 Å². The fourth-order valence-corrected chi connectivity index (χ4v) is 1.51. The van der Waals surface area contributed by atoms with E-state index in [2.05, 4.69) is 14.7 Å². The number of ether oxygens (including phenoxy) is 1. The van der Waals surface area contributed by atoms with Crippen molar-refractivity contribution in [3.63, 3.8) is 0 Å². The standard InChI is InChI=1S/C8H5F2N2O3S/c9-7(10)15-4-1-2-5-6(3-4)12-8(11-5)16(13)14/h1-3,7H,(H-,11,12,13,14)/q-1/p-1. The minimum Gasteiger partial charge on any atom is -0.769 e. The van der Waals surface area contributed by atoms with Crippen molar-refractivity contribution in [1.29, 1.82) is 0 Å². The molecule has 0 aliphatic carbocycles. The van der Waals surface area contributed by atoms with Crippen LogP contribution in [0.3, 0.4) is 0 Å². The van der Waals surface area contributed by atoms with Crippen molar-refractivity contribution in [3.8, 4) is 5.75 Å². The molecule has 0 fully saturated rings. The third kappa shape index (κ3) is 2.17. The molecular formula is C8H4F2N2O3S-2. The highest BCUT2D eigenvalue weighted by Gasteiger charge is 2.03. The Labute approximate surface area is 90.7 Å². The molecule has 0 saturated heterocycles. The molecule has 1 aromatic carbocycles. The summed E-state index contributed by atoms with van der Waals surface area (Å²) in [5.74, 6) is -0.0920. The van der Waals surface area contributed by atoms with E-state index in [9.17, 15) is 17.5 Å². The quantitative estimate of drug-likeness (QED) is 0.756. The monoisotopic (exact) mass is 246 g/mol. The van der Waals surface area contributed by atoms with E-state index in [1.165, 1.54) is 18.2 Å². The number of aromatic nitrogens is 2. The van der Waals surface area contributed by atoms with Crippen LogP contribution in [0.4, 0.5) is 8.78 Å². The summed E-state index contributed by atoms with van der Waals surface area (Å²) in [7, 11) is 0. The Morgan fingerprint density at radius 3 is 2.88 bits per heavy atom. The van der Waals surface area contributed by atoms with Gasteiger partial charge in [-0.1, -0.05) is 6.07 Å². The molecule has 0 aliphatic rings. The van der Waals surface area contributed by atoms with E-state index in [0.717, 1.165) is 0 Å². The Hall–Kier alpha value is -1.54. The topological polar surface area (TPSA) is 76.3 Å². The molecule has 1 heterocycles. The summed E-state index contributed by atoms with van der Waals surface area (Å²) in [5, 5.41) is -0.371. The van der Waals surface area contributed by atoms with E-state index in [-0.39, 0.29) is 16.4 Å². The number of fused-ring (bicyclic) bond motifs is 1. The van der Waals surface area contributed by atoms with Crippen LogP contribution in [0.2, 0.25) is 0 Å². The number of rotatable bonds is 3. The molecule has 2 rings (SSSR count). The first kappa shape index (κ1) is 11.0. The summed E-state index contributed by atoms with van der Waals surface area (Å²) >= 11 is -2.54. The van der Waals surface area contributed by atoms with Gasteiger partial charge in [-0.15, -0.1) is 0 Å². The van der Waals surface area contributed by atoms with Gasteiger partial charge in [0.05, 0.1) is 0 Å². The number of alkyl halides is 2. The molecule has 0 N–H and O–H groups in total. The molecule has 0 bridgehead atoms. The summed E-state index contributed by atoms with van der Waals surface area (Å²) in [4.78, 5) is 7.30. The van der Waals surface area contributed by atoms with E-state index >= 15 is 0 Å². The summed E-state index contributed by atoms with van der Waals surface area (Å²) in [6, 6.07) is 3.82. The molecule has 86 valence electrons. The Kier molecular flexibility index (Phi) is 2.84. The van der Waals surface area contributed by atoms with Gasteiger partial charge in [-0.05, 0) is 39.4 Å². The van der Waals surface area contributed by atoms with Gasteiger partial charge >= 0.3 is 6.61 Å². The summed E-state index contributed by atoms with van der Waals surface area (Å²) in [5.41, 5.74) is 0.498. The second-order valence-corrected chi connectivity index (χ2v) is 3.60. The maximum Gasteiger partial charge on any atom is 0.387 e. The third-order valence-corrected chi connectivity index (χ3v) is 2.23. The van der Waals surface area contributed by atoms with Crippen LogP contribution in [0, 0.1) is 0 Å². The first-order chi connectivity index (χ1) is 7.56. The van der Waals surface area contributed by atoms with Crippen LogP contribution >= 0.6 is 0 Å². The molecule has 16 heavy (non-hydrogen) atoms. The van der Waals surface area contributed by atoms with Crippen LogP contribution in [0.1, 0.15) is 0 Å². The lowest BCUT2D eigenvalue weighted by Gasteiger charge is -2.05. The van der Waals surface area contributed by atoms with Crippen molar-refractivity contribution < 1.29 is 22.3 Å². The first-order valence-electron chi connectivity index (χ1n) is 4.05. The van der Waals surface area contributed by atoms with Crippen LogP contribution in [0.5, 0.6) is 5.75 Å². The summed E-state index contributed by atoms with van der Waals surface area (Å²) in [6.07, 6.45) is 0. The van der Waals surface area contributed by atoms with Crippen molar-refractivity contribution in [3.05, 3.63) is 18.2 Å². The van der Waals surface area contributed by atoms with Crippen LogP contribution in [0.15, 0.2) is 23.4 Å². The molecule has 0 aliphatic heterocycles. The van der Waals surface area contributed by atoms with E-state index in [4.69, 9.17) is 0 Å². The molecule has 1 unspecified atom stereocenters. The highest BCUT2D eigenvalue weighted by atomic mass is 32.2. The van der Waals surface area contributed by atoms with Gasteiger partial charge in [0.1, 0.15) is 5.75 Å². The summed E-state index contributed by atoms with van der Waals surface area (Å²) < 4.78 is 49.0. The lowest BCUT2D eigenvalue weighted by atomic mass is 10.3. The van der Waals surface area contributed by atoms with Crippen molar-refractivity contribution in [2.75, 3.05) is 0 Å². The smallest absolute Gasteiger partial charge is 0.387 e. The highest BCUT2D eigenvalue weighted by Crippen LogP contribution is 2.20. The van der Waals surface area contributed by atoms with Gasteiger partial charge in [-0.2, -0.15) is 8.78 Å². The fraction of sp³-hybridized carbons (Fsp3) is 0.125. The Bertz CT molecular complexity index is 543. The van der Waals surface area contributed by atoms with Gasteiger partial charge in [0.2, 0.25) is 0 Å². The van der Waals surface area contributed by atoms with Gasteiger partial charge in [-0.25, -0.2) is 0 Å². The average Bonchev–Trinajstić information content (AvgIpc) is 2.59. The molecule has 0 radical (unpaired) electrons. The number of imidazole rings is 1. The molecule has 2 aromatic rings. The third-order valence-electron chi connectivity index (χ3n) is 1.75. The molecule has 0 amide bonds. The van der Waals surface area contributed by atoms with Crippen molar-refractivity contribution >= 4 is 22.1 Å². The zero-order valence-electron chi connectivity index (χ0n) is 7.59. The fourth-order valence-electron chi connectivity index (χ4n) is 1.17. The molecule has 0 saturated carbocycles. The number of halogens is 2.